The standard InChI is InChI=1S/C7H6N4O2/c1-11-5-4(2-8-3-9-5)10-6(12)7(11)13/h2-3H,1H3,(H,10,12). The molecule has 0 aliphatic carbocycles. The minimum absolute atomic E-state index is 0.416. The van der Waals surface area contributed by atoms with Gasteiger partial charge in [-0.3, -0.25) is 14.2 Å². The fourth-order valence-electron chi connectivity index (χ4n) is 1.10. The number of H-pyrrole nitrogens is 1. The van der Waals surface area contributed by atoms with Crippen LogP contribution in [-0.4, -0.2) is 19.5 Å². The first-order valence-electron chi connectivity index (χ1n) is 3.59. The summed E-state index contributed by atoms with van der Waals surface area (Å²) in [5, 5.41) is 0. The van der Waals surface area contributed by atoms with Crippen molar-refractivity contribution in [3.8, 4) is 0 Å². The van der Waals surface area contributed by atoms with Gasteiger partial charge in [-0.1, -0.05) is 0 Å². The lowest BCUT2D eigenvalue weighted by atomic mass is 10.5. The van der Waals surface area contributed by atoms with E-state index < -0.39 is 11.1 Å². The van der Waals surface area contributed by atoms with Crippen LogP contribution in [0.2, 0.25) is 0 Å². The molecule has 0 saturated carbocycles. The highest BCUT2D eigenvalue weighted by Crippen LogP contribution is 1.98. The van der Waals surface area contributed by atoms with E-state index in [1.807, 2.05) is 0 Å². The van der Waals surface area contributed by atoms with Crippen LogP contribution in [0, 0.1) is 0 Å². The van der Waals surface area contributed by atoms with Crippen LogP contribution < -0.4 is 11.1 Å². The van der Waals surface area contributed by atoms with Crippen LogP contribution >= 0.6 is 0 Å². The normalized spacial score (nSPS) is 10.5. The van der Waals surface area contributed by atoms with E-state index in [9.17, 15) is 9.59 Å². The zero-order chi connectivity index (χ0) is 9.42. The lowest BCUT2D eigenvalue weighted by Crippen LogP contribution is -2.35. The van der Waals surface area contributed by atoms with Crippen molar-refractivity contribution in [2.45, 2.75) is 0 Å². The fraction of sp³-hybridized carbons (Fsp3) is 0.143. The topological polar surface area (TPSA) is 80.6 Å². The Labute approximate surface area is 71.9 Å². The molecule has 13 heavy (non-hydrogen) atoms. The van der Waals surface area contributed by atoms with Crippen molar-refractivity contribution >= 4 is 11.2 Å². The molecule has 6 heteroatoms. The van der Waals surface area contributed by atoms with Crippen molar-refractivity contribution < 1.29 is 0 Å². The van der Waals surface area contributed by atoms with Crippen molar-refractivity contribution in [1.82, 2.24) is 19.5 Å². The maximum Gasteiger partial charge on any atom is 0.317 e. The average Bonchev–Trinajstić information content (AvgIpc) is 2.15. The van der Waals surface area contributed by atoms with Crippen LogP contribution in [-0.2, 0) is 7.05 Å². The zero-order valence-corrected chi connectivity index (χ0v) is 6.81. The van der Waals surface area contributed by atoms with Crippen LogP contribution in [0.15, 0.2) is 22.1 Å². The van der Waals surface area contributed by atoms with Crippen molar-refractivity contribution in [1.29, 1.82) is 0 Å². The van der Waals surface area contributed by atoms with E-state index in [4.69, 9.17) is 0 Å². The van der Waals surface area contributed by atoms with E-state index >= 15 is 0 Å². The molecule has 0 atom stereocenters. The van der Waals surface area contributed by atoms with E-state index in [-0.39, 0.29) is 0 Å². The van der Waals surface area contributed by atoms with Crippen LogP contribution in [0.5, 0.6) is 0 Å². The van der Waals surface area contributed by atoms with Gasteiger partial charge in [-0.05, 0) is 0 Å². The third-order valence-electron chi connectivity index (χ3n) is 1.76. The van der Waals surface area contributed by atoms with E-state index in [2.05, 4.69) is 15.0 Å². The van der Waals surface area contributed by atoms with Gasteiger partial charge in [0.15, 0.2) is 5.65 Å². The Morgan fingerprint density at radius 1 is 1.46 bits per heavy atom. The van der Waals surface area contributed by atoms with Gasteiger partial charge < -0.3 is 4.98 Å². The highest BCUT2D eigenvalue weighted by molar-refractivity contribution is 5.67. The van der Waals surface area contributed by atoms with Gasteiger partial charge in [0.05, 0.1) is 6.20 Å². The molecule has 2 rings (SSSR count). The highest BCUT2D eigenvalue weighted by atomic mass is 16.2. The SMILES string of the molecule is Cn1c(=O)c(=O)[nH]c2cncnc21. The second kappa shape index (κ2) is 2.51. The molecular weight excluding hydrogens is 172 g/mol. The van der Waals surface area contributed by atoms with Crippen LogP contribution in [0.1, 0.15) is 0 Å². The molecule has 6 nitrogen and oxygen atoms in total. The minimum Gasteiger partial charge on any atom is -0.313 e. The van der Waals surface area contributed by atoms with Crippen molar-refractivity contribution in [2.24, 2.45) is 7.05 Å². The number of nitrogens with zero attached hydrogens (tertiary/aromatic N) is 3. The molecule has 0 aliphatic rings. The second-order valence-electron chi connectivity index (χ2n) is 2.58. The number of fused-ring (bicyclic) bond motifs is 1. The Balaban J connectivity index is 3.11. The third-order valence-corrected chi connectivity index (χ3v) is 1.76. The van der Waals surface area contributed by atoms with Crippen molar-refractivity contribution in [2.75, 3.05) is 0 Å². The van der Waals surface area contributed by atoms with Crippen LogP contribution in [0.4, 0.5) is 0 Å². The Hall–Kier alpha value is -1.98. The molecule has 2 aromatic heterocycles. The van der Waals surface area contributed by atoms with Gasteiger partial charge in [0.2, 0.25) is 0 Å². The summed E-state index contributed by atoms with van der Waals surface area (Å²) in [5.41, 5.74) is -0.412. The van der Waals surface area contributed by atoms with Gasteiger partial charge in [-0.15, -0.1) is 0 Å². The summed E-state index contributed by atoms with van der Waals surface area (Å²) < 4.78 is 1.19. The molecule has 2 aromatic rings. The number of hydrogen-bond donors (Lipinski definition) is 1. The Kier molecular flexibility index (Phi) is 1.48. The molecule has 66 valence electrons. The van der Waals surface area contributed by atoms with Gasteiger partial charge in [-0.2, -0.15) is 0 Å². The molecule has 0 unspecified atom stereocenters. The van der Waals surface area contributed by atoms with Crippen LogP contribution in [0.25, 0.3) is 11.2 Å². The van der Waals surface area contributed by atoms with E-state index in [0.717, 1.165) is 0 Å². The molecule has 0 bridgehead atoms. The predicted octanol–water partition coefficient (Wildman–Crippen LogP) is -0.983. The first-order valence-corrected chi connectivity index (χ1v) is 3.59. The zero-order valence-electron chi connectivity index (χ0n) is 6.81. The minimum atomic E-state index is -0.662. The monoisotopic (exact) mass is 178 g/mol. The summed E-state index contributed by atoms with van der Waals surface area (Å²) in [6.45, 7) is 0. The molecule has 0 fully saturated rings. The maximum absolute atomic E-state index is 11.1. The third kappa shape index (κ3) is 1.03. The number of rotatable bonds is 0. The lowest BCUT2D eigenvalue weighted by molar-refractivity contribution is 0.852. The number of aromatic nitrogens is 4. The first kappa shape index (κ1) is 7.66. The highest BCUT2D eigenvalue weighted by Gasteiger charge is 2.03. The van der Waals surface area contributed by atoms with Crippen molar-refractivity contribution in [3.63, 3.8) is 0 Å². The first-order chi connectivity index (χ1) is 6.20. The number of aromatic amines is 1. The maximum atomic E-state index is 11.1. The van der Waals surface area contributed by atoms with Gasteiger partial charge in [0, 0.05) is 7.05 Å². The summed E-state index contributed by atoms with van der Waals surface area (Å²) in [7, 11) is 1.49. The number of hydrogen-bond acceptors (Lipinski definition) is 4. The molecule has 0 radical (unpaired) electrons. The Morgan fingerprint density at radius 2 is 2.23 bits per heavy atom. The molecule has 1 N–H and O–H groups in total. The van der Waals surface area contributed by atoms with Gasteiger partial charge in [0.1, 0.15) is 11.8 Å². The molecular formula is C7H6N4O2. The molecule has 0 amide bonds. The summed E-state index contributed by atoms with van der Waals surface area (Å²) in [5.74, 6) is 0. The quantitative estimate of drug-likeness (QED) is 0.525. The summed E-state index contributed by atoms with van der Waals surface area (Å²) in [6.07, 6.45) is 2.77. The average molecular weight is 178 g/mol. The second-order valence-corrected chi connectivity index (χ2v) is 2.58. The smallest absolute Gasteiger partial charge is 0.313 e. The summed E-state index contributed by atoms with van der Waals surface area (Å²) in [4.78, 5) is 32.1. The Morgan fingerprint density at radius 3 is 3.00 bits per heavy atom. The van der Waals surface area contributed by atoms with Crippen molar-refractivity contribution in [3.05, 3.63) is 33.2 Å². The van der Waals surface area contributed by atoms with Crippen LogP contribution in [0.3, 0.4) is 0 Å². The summed E-state index contributed by atoms with van der Waals surface area (Å²) in [6, 6.07) is 0. The number of aryl methyl sites for hydroxylation is 1. The number of nitrogens with one attached hydrogen (secondary N) is 1. The molecule has 0 spiro atoms. The molecule has 0 aromatic carbocycles. The fourth-order valence-corrected chi connectivity index (χ4v) is 1.10. The predicted molar refractivity (Wildman–Crippen MR) is 45.4 cm³/mol. The van der Waals surface area contributed by atoms with E-state index in [1.165, 1.54) is 24.1 Å². The van der Waals surface area contributed by atoms with E-state index in [1.54, 1.807) is 0 Å². The molecule has 0 saturated heterocycles. The summed E-state index contributed by atoms with van der Waals surface area (Å²) >= 11 is 0. The molecule has 2 heterocycles. The van der Waals surface area contributed by atoms with E-state index in [0.29, 0.717) is 11.2 Å². The largest absolute Gasteiger partial charge is 0.317 e. The lowest BCUT2D eigenvalue weighted by Gasteiger charge is -1.99. The Bertz CT molecular complexity index is 568. The molecule has 0 aliphatic heterocycles. The van der Waals surface area contributed by atoms with Gasteiger partial charge in [-0.25, -0.2) is 9.97 Å². The van der Waals surface area contributed by atoms with Gasteiger partial charge >= 0.3 is 11.1 Å². The van der Waals surface area contributed by atoms with Gasteiger partial charge in [0.25, 0.3) is 0 Å².